The van der Waals surface area contributed by atoms with Gasteiger partial charge in [-0.25, -0.2) is 0 Å². The normalized spacial score (nSPS) is 33.9. The Morgan fingerprint density at radius 2 is 2.29 bits per heavy atom. The van der Waals surface area contributed by atoms with Gasteiger partial charge in [-0.2, -0.15) is 5.26 Å². The summed E-state index contributed by atoms with van der Waals surface area (Å²) in [4.78, 5) is 2.11. The second-order valence-corrected chi connectivity index (χ2v) is 7.08. The molecule has 5 nitrogen and oxygen atoms in total. The second kappa shape index (κ2) is 5.23. The average molecular weight is 326 g/mol. The summed E-state index contributed by atoms with van der Waals surface area (Å²) in [6, 6.07) is 4.12. The number of aliphatic hydroxyl groups excluding tert-OH is 1. The van der Waals surface area contributed by atoms with E-state index in [4.69, 9.17) is 9.47 Å². The number of ether oxygens (including phenoxy) is 2. The quantitative estimate of drug-likeness (QED) is 0.802. The van der Waals surface area contributed by atoms with Crippen LogP contribution in [-0.2, 0) is 5.41 Å². The van der Waals surface area contributed by atoms with Crippen molar-refractivity contribution in [2.45, 2.75) is 43.4 Å². The molecule has 0 saturated heterocycles. The smallest absolute Gasteiger partial charge is 0.166 e. The van der Waals surface area contributed by atoms with Crippen LogP contribution in [0.2, 0.25) is 0 Å². The summed E-state index contributed by atoms with van der Waals surface area (Å²) in [7, 11) is 3.64. The molecule has 2 aliphatic heterocycles. The third kappa shape index (κ3) is 1.87. The van der Waals surface area contributed by atoms with Gasteiger partial charge < -0.3 is 14.6 Å². The van der Waals surface area contributed by atoms with E-state index in [0.717, 1.165) is 35.4 Å². The summed E-state index contributed by atoms with van der Waals surface area (Å²) in [5.74, 6) is 1.46. The van der Waals surface area contributed by atoms with Crippen LogP contribution in [0.3, 0.4) is 0 Å². The van der Waals surface area contributed by atoms with E-state index >= 15 is 0 Å². The van der Waals surface area contributed by atoms with E-state index in [-0.39, 0.29) is 17.6 Å². The van der Waals surface area contributed by atoms with Crippen LogP contribution in [0, 0.1) is 18.3 Å². The maximum Gasteiger partial charge on any atom is 0.166 e. The number of aryl methyl sites for hydroxylation is 1. The lowest BCUT2D eigenvalue weighted by Crippen LogP contribution is -2.42. The molecule has 1 aromatic carbocycles. The third-order valence-corrected chi connectivity index (χ3v) is 5.80. The highest BCUT2D eigenvalue weighted by Gasteiger charge is 2.54. The van der Waals surface area contributed by atoms with Gasteiger partial charge in [0.15, 0.2) is 11.5 Å². The van der Waals surface area contributed by atoms with Gasteiger partial charge in [0.1, 0.15) is 12.1 Å². The molecule has 0 radical (unpaired) electrons. The first-order chi connectivity index (χ1) is 11.5. The Morgan fingerprint density at radius 3 is 3.00 bits per heavy atom. The Bertz CT molecular complexity index is 767. The van der Waals surface area contributed by atoms with Crippen LogP contribution in [0.4, 0.5) is 0 Å². The van der Waals surface area contributed by atoms with Crippen LogP contribution in [0.1, 0.15) is 35.6 Å². The predicted octanol–water partition coefficient (Wildman–Crippen LogP) is 2.22. The van der Waals surface area contributed by atoms with Gasteiger partial charge in [-0.15, -0.1) is 0 Å². The molecule has 2 heterocycles. The molecule has 4 atom stereocenters. The van der Waals surface area contributed by atoms with Gasteiger partial charge in [-0.3, -0.25) is 4.90 Å². The summed E-state index contributed by atoms with van der Waals surface area (Å²) < 4.78 is 11.9. The lowest BCUT2D eigenvalue weighted by Gasteiger charge is -2.35. The Labute approximate surface area is 142 Å². The average Bonchev–Trinajstić information content (AvgIpc) is 2.82. The standard InChI is InChI=1S/C19H22N2O3/c1-11-8-14(23-3)18-17-16(11)13(10-20)21(2)7-6-19(17)5-4-12(22)9-15(19)24-18/h4-5,8,12-13,15,22H,6-7,9H2,1-3H3/t12-,13?,15-,19+/m0/s1. The Kier molecular flexibility index (Phi) is 3.38. The number of benzene rings is 1. The third-order valence-electron chi connectivity index (χ3n) is 5.80. The number of nitriles is 1. The van der Waals surface area contributed by atoms with Crippen LogP contribution in [0.25, 0.3) is 0 Å². The zero-order valence-electron chi connectivity index (χ0n) is 14.2. The fraction of sp³-hybridized carbons (Fsp3) is 0.526. The van der Waals surface area contributed by atoms with Crippen molar-refractivity contribution in [3.8, 4) is 17.6 Å². The molecule has 3 aliphatic rings. The van der Waals surface area contributed by atoms with Crippen LogP contribution in [0.15, 0.2) is 18.2 Å². The second-order valence-electron chi connectivity index (χ2n) is 7.08. The van der Waals surface area contributed by atoms with Crippen molar-refractivity contribution in [3.05, 3.63) is 34.9 Å². The maximum absolute atomic E-state index is 10.1. The summed E-state index contributed by atoms with van der Waals surface area (Å²) in [5.41, 5.74) is 2.89. The first-order valence-corrected chi connectivity index (χ1v) is 8.37. The van der Waals surface area contributed by atoms with Crippen molar-refractivity contribution >= 4 is 0 Å². The predicted molar refractivity (Wildman–Crippen MR) is 89.2 cm³/mol. The van der Waals surface area contributed by atoms with Crippen molar-refractivity contribution in [2.75, 3.05) is 20.7 Å². The molecule has 1 aromatic rings. The molecule has 0 saturated carbocycles. The minimum absolute atomic E-state index is 0.118. The van der Waals surface area contributed by atoms with E-state index in [9.17, 15) is 10.4 Å². The lowest BCUT2D eigenvalue weighted by molar-refractivity contribution is 0.0817. The lowest BCUT2D eigenvalue weighted by atomic mass is 9.68. The highest BCUT2D eigenvalue weighted by Crippen LogP contribution is 2.57. The molecule has 126 valence electrons. The first kappa shape index (κ1) is 15.5. The van der Waals surface area contributed by atoms with Crippen LogP contribution in [-0.4, -0.2) is 42.9 Å². The topological polar surface area (TPSA) is 65.7 Å². The van der Waals surface area contributed by atoms with E-state index in [0.29, 0.717) is 12.2 Å². The van der Waals surface area contributed by atoms with E-state index in [1.165, 1.54) is 0 Å². The van der Waals surface area contributed by atoms with Gasteiger partial charge in [-0.1, -0.05) is 12.2 Å². The molecule has 0 amide bonds. The Hall–Kier alpha value is -2.03. The van der Waals surface area contributed by atoms with E-state index in [1.54, 1.807) is 7.11 Å². The highest BCUT2D eigenvalue weighted by atomic mass is 16.5. The molecule has 1 aliphatic carbocycles. The van der Waals surface area contributed by atoms with Gasteiger partial charge in [0.25, 0.3) is 0 Å². The Balaban J connectivity index is 2.05. The van der Waals surface area contributed by atoms with Gasteiger partial charge in [0.2, 0.25) is 0 Å². The van der Waals surface area contributed by atoms with Gasteiger partial charge >= 0.3 is 0 Å². The summed E-state index contributed by atoms with van der Waals surface area (Å²) in [6.45, 7) is 2.83. The molecule has 1 N–H and O–H groups in total. The highest BCUT2D eigenvalue weighted by molar-refractivity contribution is 5.64. The minimum Gasteiger partial charge on any atom is -0.493 e. The van der Waals surface area contributed by atoms with Gasteiger partial charge in [0, 0.05) is 18.5 Å². The Morgan fingerprint density at radius 1 is 1.50 bits per heavy atom. The van der Waals surface area contributed by atoms with Gasteiger partial charge in [0.05, 0.1) is 24.7 Å². The van der Waals surface area contributed by atoms with Crippen molar-refractivity contribution < 1.29 is 14.6 Å². The van der Waals surface area contributed by atoms with Crippen molar-refractivity contribution in [1.82, 2.24) is 4.90 Å². The van der Waals surface area contributed by atoms with Crippen LogP contribution < -0.4 is 9.47 Å². The molecule has 0 bridgehead atoms. The molecule has 1 unspecified atom stereocenters. The fourth-order valence-corrected chi connectivity index (χ4v) is 4.55. The molecule has 24 heavy (non-hydrogen) atoms. The van der Waals surface area contributed by atoms with E-state index in [2.05, 4.69) is 17.0 Å². The largest absolute Gasteiger partial charge is 0.493 e. The maximum atomic E-state index is 10.1. The monoisotopic (exact) mass is 326 g/mol. The zero-order chi connectivity index (χ0) is 17.1. The number of hydrogen-bond acceptors (Lipinski definition) is 5. The fourth-order valence-electron chi connectivity index (χ4n) is 4.55. The number of nitrogens with zero attached hydrogens (tertiary/aromatic N) is 2. The number of aliphatic hydroxyl groups is 1. The van der Waals surface area contributed by atoms with Crippen molar-refractivity contribution in [1.29, 1.82) is 5.26 Å². The molecule has 0 aromatic heterocycles. The van der Waals surface area contributed by atoms with Crippen LogP contribution >= 0.6 is 0 Å². The van der Waals surface area contributed by atoms with Crippen molar-refractivity contribution in [3.63, 3.8) is 0 Å². The molecule has 0 fully saturated rings. The summed E-state index contributed by atoms with van der Waals surface area (Å²) in [6.07, 6.45) is 4.80. The molecule has 4 rings (SSSR count). The van der Waals surface area contributed by atoms with E-state index in [1.807, 2.05) is 26.1 Å². The van der Waals surface area contributed by atoms with E-state index < -0.39 is 6.10 Å². The van der Waals surface area contributed by atoms with Crippen LogP contribution in [0.5, 0.6) is 11.5 Å². The first-order valence-electron chi connectivity index (χ1n) is 8.37. The number of rotatable bonds is 1. The zero-order valence-corrected chi connectivity index (χ0v) is 14.2. The molecular formula is C19H22N2O3. The van der Waals surface area contributed by atoms with Crippen molar-refractivity contribution in [2.24, 2.45) is 0 Å². The molecule has 5 heteroatoms. The summed E-state index contributed by atoms with van der Waals surface area (Å²) in [5, 5.41) is 19.9. The van der Waals surface area contributed by atoms with Gasteiger partial charge in [-0.05, 0) is 37.6 Å². The molecule has 1 spiro atoms. The number of methoxy groups -OCH3 is 1. The summed E-state index contributed by atoms with van der Waals surface area (Å²) >= 11 is 0. The SMILES string of the molecule is COc1cc(C)c2c3c1O[C@H]1C[C@@H](O)C=C[C@]31CCN(C)C2C#N. The molecular weight excluding hydrogens is 304 g/mol. The number of hydrogen-bond donors (Lipinski definition) is 1. The minimum atomic E-state index is -0.488.